The highest BCUT2D eigenvalue weighted by Gasteiger charge is 2.24. The van der Waals surface area contributed by atoms with Gasteiger partial charge in [-0.3, -0.25) is 4.90 Å². The molecule has 124 valence electrons. The summed E-state index contributed by atoms with van der Waals surface area (Å²) in [6.45, 7) is 3.13. The van der Waals surface area contributed by atoms with Crippen molar-refractivity contribution in [1.82, 2.24) is 14.7 Å². The van der Waals surface area contributed by atoms with E-state index in [9.17, 15) is 4.39 Å². The van der Waals surface area contributed by atoms with E-state index in [1.165, 1.54) is 12.1 Å². The molecular formula is C18H18FN3O2. The van der Waals surface area contributed by atoms with Gasteiger partial charge in [-0.15, -0.1) is 0 Å². The molecule has 6 heteroatoms. The predicted octanol–water partition coefficient (Wildman–Crippen LogP) is 3.18. The van der Waals surface area contributed by atoms with Gasteiger partial charge in [0.2, 0.25) is 0 Å². The standard InChI is InChI=1S/C18H18FN3O2/c19-15-3-5-16(6-4-15)22-12-14(10-20-22)11-21-7-9-24-18(13-21)17-2-1-8-23-17/h1-6,8,10,12,18H,7,9,11,13H2. The fourth-order valence-corrected chi connectivity index (χ4v) is 2.93. The molecule has 4 rings (SSSR count). The highest BCUT2D eigenvalue weighted by molar-refractivity contribution is 5.31. The van der Waals surface area contributed by atoms with E-state index in [0.29, 0.717) is 6.61 Å². The zero-order chi connectivity index (χ0) is 16.4. The molecule has 0 radical (unpaired) electrons. The van der Waals surface area contributed by atoms with Gasteiger partial charge in [-0.2, -0.15) is 5.10 Å². The molecule has 0 spiro atoms. The summed E-state index contributed by atoms with van der Waals surface area (Å²) >= 11 is 0. The van der Waals surface area contributed by atoms with Gasteiger partial charge in [0.15, 0.2) is 0 Å². The molecule has 1 aliphatic heterocycles. The van der Waals surface area contributed by atoms with Crippen molar-refractivity contribution in [3.8, 4) is 5.69 Å². The lowest BCUT2D eigenvalue weighted by atomic mass is 10.2. The van der Waals surface area contributed by atoms with Crippen molar-refractivity contribution >= 4 is 0 Å². The van der Waals surface area contributed by atoms with Gasteiger partial charge in [0.1, 0.15) is 17.7 Å². The van der Waals surface area contributed by atoms with E-state index < -0.39 is 0 Å². The third-order valence-corrected chi connectivity index (χ3v) is 4.14. The first-order valence-electron chi connectivity index (χ1n) is 7.95. The Morgan fingerprint density at radius 1 is 1.21 bits per heavy atom. The predicted molar refractivity (Wildman–Crippen MR) is 86.2 cm³/mol. The van der Waals surface area contributed by atoms with Gasteiger partial charge in [0.25, 0.3) is 0 Å². The van der Waals surface area contributed by atoms with Gasteiger partial charge in [0.05, 0.1) is 24.8 Å². The maximum atomic E-state index is 13.0. The Morgan fingerprint density at radius 3 is 2.88 bits per heavy atom. The lowest BCUT2D eigenvalue weighted by Gasteiger charge is -2.31. The third kappa shape index (κ3) is 3.25. The molecule has 0 amide bonds. The van der Waals surface area contributed by atoms with Crippen molar-refractivity contribution in [2.45, 2.75) is 12.6 Å². The van der Waals surface area contributed by atoms with Gasteiger partial charge < -0.3 is 9.15 Å². The van der Waals surface area contributed by atoms with E-state index in [-0.39, 0.29) is 11.9 Å². The summed E-state index contributed by atoms with van der Waals surface area (Å²) in [7, 11) is 0. The van der Waals surface area contributed by atoms with Crippen LogP contribution >= 0.6 is 0 Å². The Balaban J connectivity index is 1.43. The number of hydrogen-bond acceptors (Lipinski definition) is 4. The van der Waals surface area contributed by atoms with Crippen molar-refractivity contribution in [2.24, 2.45) is 0 Å². The molecule has 1 atom stereocenters. The summed E-state index contributed by atoms with van der Waals surface area (Å²) < 4.78 is 26.0. The fraction of sp³-hybridized carbons (Fsp3) is 0.278. The quantitative estimate of drug-likeness (QED) is 0.738. The van der Waals surface area contributed by atoms with Crippen molar-refractivity contribution in [1.29, 1.82) is 0 Å². The zero-order valence-electron chi connectivity index (χ0n) is 13.1. The maximum Gasteiger partial charge on any atom is 0.133 e. The average molecular weight is 327 g/mol. The maximum absolute atomic E-state index is 13.0. The fourth-order valence-electron chi connectivity index (χ4n) is 2.93. The van der Waals surface area contributed by atoms with Crippen LogP contribution in [0.2, 0.25) is 0 Å². The van der Waals surface area contributed by atoms with Crippen LogP contribution in [0.1, 0.15) is 17.4 Å². The van der Waals surface area contributed by atoms with Crippen LogP contribution in [0, 0.1) is 5.82 Å². The molecule has 0 bridgehead atoms. The molecule has 3 aromatic rings. The second-order valence-electron chi connectivity index (χ2n) is 5.88. The molecule has 1 aliphatic rings. The first-order chi connectivity index (χ1) is 11.8. The van der Waals surface area contributed by atoms with Crippen LogP contribution in [0.3, 0.4) is 0 Å². The number of halogens is 1. The number of benzene rings is 1. The minimum absolute atomic E-state index is 0.0270. The minimum atomic E-state index is -0.247. The Hall–Kier alpha value is -2.44. The molecule has 0 N–H and O–H groups in total. The lowest BCUT2D eigenvalue weighted by Crippen LogP contribution is -2.37. The van der Waals surface area contributed by atoms with Crippen LogP contribution in [-0.2, 0) is 11.3 Å². The lowest BCUT2D eigenvalue weighted by molar-refractivity contribution is -0.0427. The van der Waals surface area contributed by atoms with E-state index in [2.05, 4.69) is 10.00 Å². The highest BCUT2D eigenvalue weighted by Crippen LogP contribution is 2.23. The normalized spacial score (nSPS) is 18.8. The Kier molecular flexibility index (Phi) is 4.15. The molecule has 3 heterocycles. The number of rotatable bonds is 4. The molecule has 1 unspecified atom stereocenters. The molecule has 1 aromatic carbocycles. The number of furan rings is 1. The summed E-state index contributed by atoms with van der Waals surface area (Å²) in [6, 6.07) is 10.1. The summed E-state index contributed by atoms with van der Waals surface area (Å²) in [5, 5.41) is 4.37. The third-order valence-electron chi connectivity index (χ3n) is 4.14. The first-order valence-corrected chi connectivity index (χ1v) is 7.95. The molecule has 1 fully saturated rings. The van der Waals surface area contributed by atoms with Gasteiger partial charge in [-0.25, -0.2) is 9.07 Å². The van der Waals surface area contributed by atoms with Crippen molar-refractivity contribution in [3.63, 3.8) is 0 Å². The van der Waals surface area contributed by atoms with E-state index in [4.69, 9.17) is 9.15 Å². The summed E-state index contributed by atoms with van der Waals surface area (Å²) in [5.41, 5.74) is 1.96. The molecule has 24 heavy (non-hydrogen) atoms. The van der Waals surface area contributed by atoms with Crippen LogP contribution in [0.5, 0.6) is 0 Å². The van der Waals surface area contributed by atoms with Crippen LogP contribution in [0.15, 0.2) is 59.5 Å². The molecule has 1 saturated heterocycles. The molecule has 2 aromatic heterocycles. The minimum Gasteiger partial charge on any atom is -0.467 e. The van der Waals surface area contributed by atoms with Crippen LogP contribution in [0.25, 0.3) is 5.69 Å². The molecule has 5 nitrogen and oxygen atoms in total. The number of hydrogen-bond donors (Lipinski definition) is 0. The van der Waals surface area contributed by atoms with E-state index in [1.54, 1.807) is 23.1 Å². The second-order valence-corrected chi connectivity index (χ2v) is 5.88. The number of morpholine rings is 1. The molecular weight excluding hydrogens is 309 g/mol. The van der Waals surface area contributed by atoms with Gasteiger partial charge in [0, 0.05) is 31.4 Å². The van der Waals surface area contributed by atoms with Crippen LogP contribution in [0.4, 0.5) is 4.39 Å². The summed E-state index contributed by atoms with van der Waals surface area (Å²) in [4.78, 5) is 2.32. The Bertz CT molecular complexity index is 783. The van der Waals surface area contributed by atoms with Crippen LogP contribution in [-0.4, -0.2) is 34.4 Å². The van der Waals surface area contributed by atoms with E-state index >= 15 is 0 Å². The topological polar surface area (TPSA) is 43.4 Å². The second kappa shape index (κ2) is 6.59. The Labute approximate surface area is 139 Å². The smallest absolute Gasteiger partial charge is 0.133 e. The van der Waals surface area contributed by atoms with E-state index in [0.717, 1.165) is 36.6 Å². The van der Waals surface area contributed by atoms with Crippen molar-refractivity contribution in [3.05, 3.63) is 72.2 Å². The highest BCUT2D eigenvalue weighted by atomic mass is 19.1. The van der Waals surface area contributed by atoms with Gasteiger partial charge in [-0.05, 0) is 36.4 Å². The molecule has 0 saturated carbocycles. The average Bonchev–Trinajstić information content (AvgIpc) is 3.28. The Morgan fingerprint density at radius 2 is 2.08 bits per heavy atom. The SMILES string of the molecule is Fc1ccc(-n2cc(CN3CCOC(c4ccco4)C3)cn2)cc1. The largest absolute Gasteiger partial charge is 0.467 e. The number of aromatic nitrogens is 2. The molecule has 0 aliphatic carbocycles. The van der Waals surface area contributed by atoms with Crippen molar-refractivity contribution < 1.29 is 13.5 Å². The van der Waals surface area contributed by atoms with E-state index in [1.807, 2.05) is 24.5 Å². The monoisotopic (exact) mass is 327 g/mol. The number of nitrogens with zero attached hydrogens (tertiary/aromatic N) is 3. The van der Waals surface area contributed by atoms with Crippen LogP contribution < -0.4 is 0 Å². The first kappa shape index (κ1) is 15.1. The van der Waals surface area contributed by atoms with Gasteiger partial charge in [-0.1, -0.05) is 0 Å². The number of ether oxygens (including phenoxy) is 1. The zero-order valence-corrected chi connectivity index (χ0v) is 13.1. The van der Waals surface area contributed by atoms with Crippen molar-refractivity contribution in [2.75, 3.05) is 19.7 Å². The summed E-state index contributed by atoms with van der Waals surface area (Å²) in [5.74, 6) is 0.616. The summed E-state index contributed by atoms with van der Waals surface area (Å²) in [6.07, 6.45) is 5.47. The van der Waals surface area contributed by atoms with Gasteiger partial charge >= 0.3 is 0 Å².